The molecule has 5 nitrogen and oxygen atoms in total. The minimum Gasteiger partial charge on any atom is -0.495 e. The molecule has 22 heavy (non-hydrogen) atoms. The van der Waals surface area contributed by atoms with E-state index in [2.05, 4.69) is 10.3 Å². The first-order chi connectivity index (χ1) is 10.7. The summed E-state index contributed by atoms with van der Waals surface area (Å²) < 4.78 is 10.7. The van der Waals surface area contributed by atoms with E-state index in [-0.39, 0.29) is 5.91 Å². The maximum Gasteiger partial charge on any atom is 0.237 e. The molecule has 1 aromatic heterocycles. The van der Waals surface area contributed by atoms with E-state index in [0.717, 1.165) is 5.56 Å². The summed E-state index contributed by atoms with van der Waals surface area (Å²) in [7, 11) is 1.57. The fourth-order valence-corrected chi connectivity index (χ4v) is 2.71. The maximum absolute atomic E-state index is 12.9. The minimum atomic E-state index is -0.648. The Morgan fingerprint density at radius 1 is 1.32 bits per heavy atom. The van der Waals surface area contributed by atoms with E-state index < -0.39 is 5.41 Å². The van der Waals surface area contributed by atoms with Crippen LogP contribution in [0, 0.1) is 0 Å². The van der Waals surface area contributed by atoms with Crippen molar-refractivity contribution in [1.82, 2.24) is 4.98 Å². The second-order valence-corrected chi connectivity index (χ2v) is 5.32. The lowest BCUT2D eigenvalue weighted by Gasteiger charge is -2.26. The van der Waals surface area contributed by atoms with Crippen LogP contribution in [0.15, 0.2) is 48.8 Å². The lowest BCUT2D eigenvalue weighted by Crippen LogP contribution is -2.41. The second-order valence-electron chi connectivity index (χ2n) is 5.32. The summed E-state index contributed by atoms with van der Waals surface area (Å²) in [6, 6.07) is 11.5. The molecule has 1 aliphatic heterocycles. The molecule has 0 bridgehead atoms. The normalized spacial score (nSPS) is 20.6. The van der Waals surface area contributed by atoms with Gasteiger partial charge in [-0.25, -0.2) is 0 Å². The molecule has 1 aromatic carbocycles. The van der Waals surface area contributed by atoms with Crippen molar-refractivity contribution < 1.29 is 14.3 Å². The summed E-state index contributed by atoms with van der Waals surface area (Å²) >= 11 is 0. The summed E-state index contributed by atoms with van der Waals surface area (Å²) in [5, 5.41) is 2.94. The number of ether oxygens (including phenoxy) is 2. The third-order valence-corrected chi connectivity index (χ3v) is 3.99. The fraction of sp³-hybridized carbons (Fsp3) is 0.294. The van der Waals surface area contributed by atoms with Crippen LogP contribution in [0.3, 0.4) is 0 Å². The van der Waals surface area contributed by atoms with Crippen LogP contribution in [0.25, 0.3) is 0 Å². The van der Waals surface area contributed by atoms with Crippen LogP contribution >= 0.6 is 0 Å². The molecule has 1 unspecified atom stereocenters. The van der Waals surface area contributed by atoms with E-state index in [1.165, 1.54) is 0 Å². The quantitative estimate of drug-likeness (QED) is 0.941. The molecule has 0 saturated carbocycles. The van der Waals surface area contributed by atoms with Gasteiger partial charge in [-0.05, 0) is 12.0 Å². The third kappa shape index (κ3) is 2.67. The minimum absolute atomic E-state index is 0.0775. The van der Waals surface area contributed by atoms with Crippen molar-refractivity contribution in [3.8, 4) is 5.75 Å². The summed E-state index contributed by atoms with van der Waals surface area (Å²) in [4.78, 5) is 16.9. The van der Waals surface area contributed by atoms with E-state index in [1.54, 1.807) is 25.6 Å². The number of amides is 1. The van der Waals surface area contributed by atoms with E-state index in [1.807, 2.05) is 30.3 Å². The Bertz CT molecular complexity index is 652. The van der Waals surface area contributed by atoms with Gasteiger partial charge in [0.1, 0.15) is 5.75 Å². The van der Waals surface area contributed by atoms with Gasteiger partial charge >= 0.3 is 0 Å². The van der Waals surface area contributed by atoms with Crippen molar-refractivity contribution in [2.45, 2.75) is 11.8 Å². The van der Waals surface area contributed by atoms with Crippen LogP contribution in [0.4, 0.5) is 5.69 Å². The van der Waals surface area contributed by atoms with Crippen LogP contribution in [-0.4, -0.2) is 31.2 Å². The Morgan fingerprint density at radius 2 is 2.14 bits per heavy atom. The molecule has 2 aromatic rings. The van der Waals surface area contributed by atoms with Crippen molar-refractivity contribution in [1.29, 1.82) is 0 Å². The molecule has 1 saturated heterocycles. The van der Waals surface area contributed by atoms with E-state index in [0.29, 0.717) is 31.1 Å². The van der Waals surface area contributed by atoms with E-state index >= 15 is 0 Å². The molecule has 3 rings (SSSR count). The molecule has 1 amide bonds. The largest absolute Gasteiger partial charge is 0.495 e. The number of rotatable bonds is 4. The number of pyridine rings is 1. The van der Waals surface area contributed by atoms with Crippen molar-refractivity contribution >= 4 is 11.6 Å². The molecule has 0 spiro atoms. The molecule has 114 valence electrons. The predicted molar refractivity (Wildman–Crippen MR) is 83.0 cm³/mol. The lowest BCUT2D eigenvalue weighted by molar-refractivity contribution is -0.121. The molecular formula is C17H18N2O3. The van der Waals surface area contributed by atoms with Crippen LogP contribution in [0.1, 0.15) is 12.0 Å². The Kier molecular flexibility index (Phi) is 4.06. The number of hydrogen-bond donors (Lipinski definition) is 1. The molecule has 1 fully saturated rings. The average molecular weight is 298 g/mol. The highest BCUT2D eigenvalue weighted by molar-refractivity contribution is 5.99. The SMILES string of the molecule is COc1cncc(NC(=O)C2(c3ccccc3)CCOC2)c1. The zero-order valence-corrected chi connectivity index (χ0v) is 12.4. The maximum atomic E-state index is 12.9. The van der Waals surface area contributed by atoms with Crippen molar-refractivity contribution in [2.24, 2.45) is 0 Å². The number of aromatic nitrogens is 1. The van der Waals surface area contributed by atoms with Crippen molar-refractivity contribution in [3.63, 3.8) is 0 Å². The Balaban J connectivity index is 1.87. The number of benzene rings is 1. The average Bonchev–Trinajstić information content (AvgIpc) is 3.07. The highest BCUT2D eigenvalue weighted by Gasteiger charge is 2.43. The molecule has 1 aliphatic rings. The van der Waals surface area contributed by atoms with Gasteiger partial charge in [-0.2, -0.15) is 0 Å². The Morgan fingerprint density at radius 3 is 2.82 bits per heavy atom. The molecule has 5 heteroatoms. The predicted octanol–water partition coefficient (Wildman–Crippen LogP) is 2.39. The van der Waals surface area contributed by atoms with Gasteiger partial charge in [0.15, 0.2) is 0 Å². The first kappa shape index (κ1) is 14.5. The first-order valence-electron chi connectivity index (χ1n) is 7.18. The van der Waals surface area contributed by atoms with Gasteiger partial charge in [0.2, 0.25) is 5.91 Å². The molecule has 0 aliphatic carbocycles. The van der Waals surface area contributed by atoms with Gasteiger partial charge in [-0.3, -0.25) is 9.78 Å². The standard InChI is InChI=1S/C17H18N2O3/c1-21-15-9-14(10-18-11-15)19-16(20)17(7-8-22-12-17)13-5-3-2-4-6-13/h2-6,9-11H,7-8,12H2,1H3,(H,19,20). The number of methoxy groups -OCH3 is 1. The summed E-state index contributed by atoms with van der Waals surface area (Å²) in [6.45, 7) is 0.971. The molecular weight excluding hydrogens is 280 g/mol. The Hall–Kier alpha value is -2.40. The van der Waals surface area contributed by atoms with Gasteiger partial charge in [-0.15, -0.1) is 0 Å². The lowest BCUT2D eigenvalue weighted by atomic mass is 9.79. The Labute approximate surface area is 129 Å². The van der Waals surface area contributed by atoms with Gasteiger partial charge in [0, 0.05) is 12.7 Å². The number of nitrogens with zero attached hydrogens (tertiary/aromatic N) is 1. The number of hydrogen-bond acceptors (Lipinski definition) is 4. The van der Waals surface area contributed by atoms with Crippen molar-refractivity contribution in [2.75, 3.05) is 25.6 Å². The third-order valence-electron chi connectivity index (χ3n) is 3.99. The van der Waals surface area contributed by atoms with E-state index in [9.17, 15) is 4.79 Å². The molecule has 2 heterocycles. The highest BCUT2D eigenvalue weighted by atomic mass is 16.5. The highest BCUT2D eigenvalue weighted by Crippen LogP contribution is 2.34. The summed E-state index contributed by atoms with van der Waals surface area (Å²) in [5.41, 5.74) is 0.942. The molecule has 0 radical (unpaired) electrons. The van der Waals surface area contributed by atoms with Gasteiger partial charge in [-0.1, -0.05) is 30.3 Å². The summed E-state index contributed by atoms with van der Waals surface area (Å²) in [6.07, 6.45) is 3.87. The first-order valence-corrected chi connectivity index (χ1v) is 7.18. The zero-order chi connectivity index (χ0) is 15.4. The number of anilines is 1. The monoisotopic (exact) mass is 298 g/mol. The van der Waals surface area contributed by atoms with E-state index in [4.69, 9.17) is 9.47 Å². The van der Waals surface area contributed by atoms with Crippen LogP contribution in [0.2, 0.25) is 0 Å². The van der Waals surface area contributed by atoms with Crippen LogP contribution in [0.5, 0.6) is 5.75 Å². The van der Waals surface area contributed by atoms with Crippen LogP contribution in [-0.2, 0) is 14.9 Å². The van der Waals surface area contributed by atoms with Crippen molar-refractivity contribution in [3.05, 3.63) is 54.4 Å². The number of nitrogens with one attached hydrogen (secondary N) is 1. The smallest absolute Gasteiger partial charge is 0.237 e. The number of carbonyl (C=O) groups excluding carboxylic acids is 1. The van der Waals surface area contributed by atoms with Crippen LogP contribution < -0.4 is 10.1 Å². The molecule has 1 N–H and O–H groups in total. The zero-order valence-electron chi connectivity index (χ0n) is 12.4. The van der Waals surface area contributed by atoms with Gasteiger partial charge < -0.3 is 14.8 Å². The fourth-order valence-electron chi connectivity index (χ4n) is 2.71. The topological polar surface area (TPSA) is 60.5 Å². The number of carbonyl (C=O) groups is 1. The molecule has 1 atom stereocenters. The summed E-state index contributed by atoms with van der Waals surface area (Å²) in [5.74, 6) is 0.528. The van der Waals surface area contributed by atoms with Gasteiger partial charge in [0.05, 0.1) is 37.2 Å². The van der Waals surface area contributed by atoms with Gasteiger partial charge in [0.25, 0.3) is 0 Å². The second kappa shape index (κ2) is 6.15.